The van der Waals surface area contributed by atoms with Gasteiger partial charge in [0.15, 0.2) is 0 Å². The molecule has 0 spiro atoms. The van der Waals surface area contributed by atoms with Gasteiger partial charge in [-0.05, 0) is 43.4 Å². The molecule has 3 nitrogen and oxygen atoms in total. The fourth-order valence-corrected chi connectivity index (χ4v) is 2.70. The van der Waals surface area contributed by atoms with Gasteiger partial charge in [0.1, 0.15) is 0 Å². The van der Waals surface area contributed by atoms with E-state index < -0.39 is 0 Å². The van der Waals surface area contributed by atoms with Gasteiger partial charge in [-0.15, -0.1) is 0 Å². The second-order valence-corrected chi connectivity index (χ2v) is 5.32. The third kappa shape index (κ3) is 3.49. The van der Waals surface area contributed by atoms with Gasteiger partial charge in [0, 0.05) is 11.7 Å². The zero-order valence-corrected chi connectivity index (χ0v) is 11.0. The lowest BCUT2D eigenvalue weighted by molar-refractivity contribution is -0.121. The molecule has 0 aliphatic heterocycles. The second kappa shape index (κ2) is 5.89. The van der Waals surface area contributed by atoms with Gasteiger partial charge in [0.2, 0.25) is 5.91 Å². The number of carbonyl (C=O) groups is 1. The molecule has 18 heavy (non-hydrogen) atoms. The molecule has 1 atom stereocenters. The normalized spacial score (nSPS) is 17.6. The summed E-state index contributed by atoms with van der Waals surface area (Å²) in [5, 5.41) is 3.11. The minimum atomic E-state index is 0.110. The number of benzene rings is 1. The number of carbonyl (C=O) groups excluding carboxylic acids is 1. The Morgan fingerprint density at radius 3 is 2.56 bits per heavy atom. The molecule has 1 aromatic carbocycles. The molecule has 98 valence electrons. The van der Waals surface area contributed by atoms with Crippen LogP contribution in [0.4, 0.5) is 5.69 Å². The molecule has 1 fully saturated rings. The van der Waals surface area contributed by atoms with Crippen molar-refractivity contribution >= 4 is 11.6 Å². The van der Waals surface area contributed by atoms with E-state index in [1.807, 2.05) is 24.3 Å². The minimum Gasteiger partial charge on any atom is -0.399 e. The summed E-state index contributed by atoms with van der Waals surface area (Å²) >= 11 is 0. The van der Waals surface area contributed by atoms with Crippen LogP contribution in [0.5, 0.6) is 0 Å². The topological polar surface area (TPSA) is 55.1 Å². The zero-order valence-electron chi connectivity index (χ0n) is 11.0. The first kappa shape index (κ1) is 12.9. The summed E-state index contributed by atoms with van der Waals surface area (Å²) in [6.45, 7) is 2.12. The predicted molar refractivity (Wildman–Crippen MR) is 74.1 cm³/mol. The van der Waals surface area contributed by atoms with Gasteiger partial charge in [-0.1, -0.05) is 25.0 Å². The minimum absolute atomic E-state index is 0.110. The van der Waals surface area contributed by atoms with E-state index >= 15 is 0 Å². The van der Waals surface area contributed by atoms with Crippen LogP contribution in [0.1, 0.15) is 38.2 Å². The van der Waals surface area contributed by atoms with Crippen LogP contribution in [0.25, 0.3) is 0 Å². The summed E-state index contributed by atoms with van der Waals surface area (Å²) in [7, 11) is 0. The van der Waals surface area contributed by atoms with Crippen molar-refractivity contribution in [1.82, 2.24) is 5.32 Å². The quantitative estimate of drug-likeness (QED) is 0.802. The van der Waals surface area contributed by atoms with E-state index in [0.29, 0.717) is 18.4 Å². The van der Waals surface area contributed by atoms with E-state index in [0.717, 1.165) is 11.3 Å². The molecule has 1 saturated carbocycles. The molecule has 0 saturated heterocycles. The Morgan fingerprint density at radius 2 is 1.94 bits per heavy atom. The highest BCUT2D eigenvalue weighted by Gasteiger charge is 2.22. The largest absolute Gasteiger partial charge is 0.399 e. The van der Waals surface area contributed by atoms with Crippen molar-refractivity contribution < 1.29 is 4.79 Å². The van der Waals surface area contributed by atoms with E-state index in [9.17, 15) is 4.79 Å². The first-order chi connectivity index (χ1) is 8.65. The Labute approximate surface area is 109 Å². The van der Waals surface area contributed by atoms with Gasteiger partial charge in [0.25, 0.3) is 0 Å². The van der Waals surface area contributed by atoms with Crippen molar-refractivity contribution in [3.8, 4) is 0 Å². The Balaban J connectivity index is 1.82. The summed E-state index contributed by atoms with van der Waals surface area (Å²) in [4.78, 5) is 11.9. The van der Waals surface area contributed by atoms with E-state index in [1.165, 1.54) is 25.7 Å². The first-order valence-electron chi connectivity index (χ1n) is 6.79. The van der Waals surface area contributed by atoms with Gasteiger partial charge in [-0.3, -0.25) is 4.79 Å². The monoisotopic (exact) mass is 246 g/mol. The fraction of sp³-hybridized carbons (Fsp3) is 0.533. The number of amides is 1. The van der Waals surface area contributed by atoms with Gasteiger partial charge in [-0.25, -0.2) is 0 Å². The van der Waals surface area contributed by atoms with Crippen LogP contribution in [0.15, 0.2) is 24.3 Å². The molecule has 0 heterocycles. The molecular weight excluding hydrogens is 224 g/mol. The molecule has 1 aromatic rings. The van der Waals surface area contributed by atoms with Crippen LogP contribution in [0, 0.1) is 5.92 Å². The molecule has 0 bridgehead atoms. The molecule has 0 unspecified atom stereocenters. The van der Waals surface area contributed by atoms with Crippen molar-refractivity contribution in [3.05, 3.63) is 29.8 Å². The maximum Gasteiger partial charge on any atom is 0.224 e. The van der Waals surface area contributed by atoms with E-state index in [4.69, 9.17) is 5.73 Å². The van der Waals surface area contributed by atoms with Crippen LogP contribution < -0.4 is 11.1 Å². The highest BCUT2D eigenvalue weighted by Crippen LogP contribution is 2.27. The van der Waals surface area contributed by atoms with Crippen molar-refractivity contribution in [1.29, 1.82) is 0 Å². The summed E-state index contributed by atoms with van der Waals surface area (Å²) in [6, 6.07) is 7.80. The zero-order chi connectivity index (χ0) is 13.0. The molecule has 0 aromatic heterocycles. The molecular formula is C15H22N2O. The van der Waals surface area contributed by atoms with Crippen molar-refractivity contribution in [2.24, 2.45) is 5.92 Å². The van der Waals surface area contributed by atoms with Crippen molar-refractivity contribution in [2.75, 3.05) is 5.73 Å². The van der Waals surface area contributed by atoms with Gasteiger partial charge >= 0.3 is 0 Å². The highest BCUT2D eigenvalue weighted by atomic mass is 16.1. The number of nitrogens with one attached hydrogen (secondary N) is 1. The van der Waals surface area contributed by atoms with Gasteiger partial charge < -0.3 is 11.1 Å². The molecule has 0 radical (unpaired) electrons. The smallest absolute Gasteiger partial charge is 0.224 e. The molecule has 3 N–H and O–H groups in total. The van der Waals surface area contributed by atoms with Crippen LogP contribution in [0.2, 0.25) is 0 Å². The first-order valence-corrected chi connectivity index (χ1v) is 6.79. The Morgan fingerprint density at radius 1 is 1.33 bits per heavy atom. The molecule has 2 rings (SSSR count). The lowest BCUT2D eigenvalue weighted by atomic mass is 9.99. The van der Waals surface area contributed by atoms with Crippen LogP contribution >= 0.6 is 0 Å². The van der Waals surface area contributed by atoms with Crippen LogP contribution in [-0.4, -0.2) is 11.9 Å². The Bertz CT molecular complexity index is 393. The average Bonchev–Trinajstić information content (AvgIpc) is 2.85. The maximum absolute atomic E-state index is 11.9. The SMILES string of the molecule is C[C@@H](NC(=O)Cc1ccc(N)cc1)C1CCCC1. The van der Waals surface area contributed by atoms with Gasteiger partial charge in [0.05, 0.1) is 6.42 Å². The number of rotatable bonds is 4. The Hall–Kier alpha value is -1.51. The maximum atomic E-state index is 11.9. The molecule has 1 aliphatic carbocycles. The number of hydrogen-bond donors (Lipinski definition) is 2. The summed E-state index contributed by atoms with van der Waals surface area (Å²) < 4.78 is 0. The number of hydrogen-bond acceptors (Lipinski definition) is 2. The second-order valence-electron chi connectivity index (χ2n) is 5.32. The lowest BCUT2D eigenvalue weighted by Gasteiger charge is -2.20. The number of anilines is 1. The van der Waals surface area contributed by atoms with Crippen LogP contribution in [0.3, 0.4) is 0 Å². The Kier molecular flexibility index (Phi) is 4.24. The third-order valence-corrected chi connectivity index (χ3v) is 3.84. The molecule has 1 aliphatic rings. The third-order valence-electron chi connectivity index (χ3n) is 3.84. The van der Waals surface area contributed by atoms with Crippen LogP contribution in [-0.2, 0) is 11.2 Å². The van der Waals surface area contributed by atoms with Crippen molar-refractivity contribution in [3.63, 3.8) is 0 Å². The fourth-order valence-electron chi connectivity index (χ4n) is 2.70. The van der Waals surface area contributed by atoms with Gasteiger partial charge in [-0.2, -0.15) is 0 Å². The molecule has 1 amide bonds. The lowest BCUT2D eigenvalue weighted by Crippen LogP contribution is -2.38. The number of nitrogens with two attached hydrogens (primary N) is 1. The predicted octanol–water partition coefficient (Wildman–Crippen LogP) is 2.51. The summed E-state index contributed by atoms with van der Waals surface area (Å²) in [6.07, 6.45) is 5.57. The number of nitrogen functional groups attached to an aromatic ring is 1. The summed E-state index contributed by atoms with van der Waals surface area (Å²) in [5.74, 6) is 0.777. The highest BCUT2D eigenvalue weighted by molar-refractivity contribution is 5.78. The van der Waals surface area contributed by atoms with E-state index in [2.05, 4.69) is 12.2 Å². The van der Waals surface area contributed by atoms with E-state index in [1.54, 1.807) is 0 Å². The standard InChI is InChI=1S/C15H22N2O/c1-11(13-4-2-3-5-13)17-15(18)10-12-6-8-14(16)9-7-12/h6-9,11,13H,2-5,10,16H2,1H3,(H,17,18)/t11-/m1/s1. The molecule has 3 heteroatoms. The summed E-state index contributed by atoms with van der Waals surface area (Å²) in [5.41, 5.74) is 7.37. The van der Waals surface area contributed by atoms with Crippen molar-refractivity contribution in [2.45, 2.75) is 45.1 Å². The average molecular weight is 246 g/mol. The van der Waals surface area contributed by atoms with E-state index in [-0.39, 0.29) is 5.91 Å².